The zero-order valence-electron chi connectivity index (χ0n) is 29.3. The monoisotopic (exact) mass is 700 g/mol. The Kier molecular flexibility index (Phi) is 11.2. The molecule has 17 nitrogen and oxygen atoms in total. The number of benzene rings is 2. The lowest BCUT2D eigenvalue weighted by Crippen LogP contribution is -2.37. The van der Waals surface area contributed by atoms with Crippen molar-refractivity contribution in [3.8, 4) is 0 Å². The van der Waals surface area contributed by atoms with Gasteiger partial charge in [-0.2, -0.15) is 0 Å². The number of carboxylic acids is 1. The molecule has 0 radical (unpaired) electrons. The number of imidazole rings is 2. The largest absolute Gasteiger partial charge is 0.480 e. The Morgan fingerprint density at radius 1 is 0.725 bits per heavy atom. The third-order valence-electron chi connectivity index (χ3n) is 7.99. The summed E-state index contributed by atoms with van der Waals surface area (Å²) in [6.07, 6.45) is 2.62. The van der Waals surface area contributed by atoms with Crippen LogP contribution in [0.2, 0.25) is 0 Å². The van der Waals surface area contributed by atoms with Gasteiger partial charge >= 0.3 is 17.3 Å². The number of rotatable bonds is 6. The minimum Gasteiger partial charge on any atom is -0.480 e. The minimum atomic E-state index is -1.08. The smallest absolute Gasteiger partial charge is 0.332 e. The van der Waals surface area contributed by atoms with Gasteiger partial charge in [0.15, 0.2) is 22.3 Å². The van der Waals surface area contributed by atoms with Crippen LogP contribution in [0.25, 0.3) is 22.3 Å². The van der Waals surface area contributed by atoms with Crippen LogP contribution in [0.3, 0.4) is 0 Å². The molecule has 268 valence electrons. The molecule has 0 saturated carbocycles. The Labute approximate surface area is 290 Å². The van der Waals surface area contributed by atoms with Gasteiger partial charge in [-0.25, -0.2) is 19.6 Å². The van der Waals surface area contributed by atoms with Gasteiger partial charge < -0.3 is 25.3 Å². The predicted molar refractivity (Wildman–Crippen MR) is 193 cm³/mol. The molecular formula is C34H40N10O7. The third-order valence-corrected chi connectivity index (χ3v) is 7.99. The second-order valence-electron chi connectivity index (χ2n) is 12.1. The van der Waals surface area contributed by atoms with Crippen molar-refractivity contribution in [2.75, 3.05) is 11.1 Å². The van der Waals surface area contributed by atoms with Crippen LogP contribution >= 0.6 is 0 Å². The number of nitrogens with zero attached hydrogens (tertiary/aromatic N) is 8. The van der Waals surface area contributed by atoms with Crippen LogP contribution in [0.15, 0.2) is 80.4 Å². The third kappa shape index (κ3) is 8.21. The van der Waals surface area contributed by atoms with E-state index in [4.69, 9.17) is 10.8 Å². The van der Waals surface area contributed by atoms with Crippen LogP contribution in [-0.4, -0.2) is 54.4 Å². The zero-order chi connectivity index (χ0) is 37.7. The lowest BCUT2D eigenvalue weighted by molar-refractivity contribution is -0.137. The fourth-order valence-electron chi connectivity index (χ4n) is 5.05. The van der Waals surface area contributed by atoms with Gasteiger partial charge in [-0.05, 0) is 42.7 Å². The van der Waals surface area contributed by atoms with E-state index in [9.17, 15) is 28.8 Å². The van der Waals surface area contributed by atoms with Crippen LogP contribution in [0, 0.1) is 6.92 Å². The molecule has 1 amide bonds. The summed E-state index contributed by atoms with van der Waals surface area (Å²) in [5, 5.41) is 11.5. The summed E-state index contributed by atoms with van der Waals surface area (Å²) in [6.45, 7) is 5.86. The second-order valence-corrected chi connectivity index (χ2v) is 12.1. The summed E-state index contributed by atoms with van der Waals surface area (Å²) in [4.78, 5) is 78.5. The molecule has 0 saturated heterocycles. The summed E-state index contributed by atoms with van der Waals surface area (Å²) in [6, 6.07) is 15.4. The number of nitrogens with two attached hydrogens (primary N) is 1. The highest BCUT2D eigenvalue weighted by Crippen LogP contribution is 2.15. The fourth-order valence-corrected chi connectivity index (χ4v) is 5.05. The van der Waals surface area contributed by atoms with Gasteiger partial charge in [-0.1, -0.05) is 43.7 Å². The summed E-state index contributed by atoms with van der Waals surface area (Å²) < 4.78 is 7.06. The Morgan fingerprint density at radius 3 is 1.61 bits per heavy atom. The standard InChI is InChI=1S/C16H17N5O3.C9H10N4O4.C9H13N/c1-10-4-6-11(7-5-10)18-12(22)8-21-9-17-14-13(21)15(23)20(3)16(24)19(14)2;1-11-7-6(8(16)12(2)9(11)17)13(4-10-7)3-5(14)15;1-7(2)8-3-5-9(10)6-4-8/h4-7,9H,8H2,1-3H3,(H,18,22);4H,3H2,1-2H3,(H,14,15);3-7H,10H2,1-2H3. The number of aryl methyl sites for hydroxylation is 3. The quantitative estimate of drug-likeness (QED) is 0.212. The van der Waals surface area contributed by atoms with Crippen LogP contribution in [-0.2, 0) is 50.9 Å². The molecule has 4 heterocycles. The van der Waals surface area contributed by atoms with Gasteiger partial charge in [0.2, 0.25) is 5.91 Å². The molecule has 0 aliphatic heterocycles. The molecule has 4 aromatic heterocycles. The van der Waals surface area contributed by atoms with Crippen molar-refractivity contribution < 1.29 is 14.7 Å². The van der Waals surface area contributed by atoms with Gasteiger partial charge in [0, 0.05) is 39.6 Å². The van der Waals surface area contributed by atoms with E-state index >= 15 is 0 Å². The van der Waals surface area contributed by atoms with Gasteiger partial charge in [0.1, 0.15) is 13.1 Å². The number of nitrogens with one attached hydrogen (secondary N) is 1. The Hall–Kier alpha value is -6.52. The highest BCUT2D eigenvalue weighted by molar-refractivity contribution is 5.91. The summed E-state index contributed by atoms with van der Waals surface area (Å²) in [7, 11) is 5.74. The molecule has 51 heavy (non-hydrogen) atoms. The number of carbonyl (C=O) groups excluding carboxylic acids is 1. The zero-order valence-corrected chi connectivity index (χ0v) is 29.3. The van der Waals surface area contributed by atoms with E-state index in [1.807, 2.05) is 43.3 Å². The number of hydrogen-bond acceptors (Lipinski definition) is 9. The first-order valence-corrected chi connectivity index (χ1v) is 15.7. The van der Waals surface area contributed by atoms with Gasteiger partial charge in [-0.3, -0.25) is 37.4 Å². The van der Waals surface area contributed by atoms with Crippen LogP contribution in [0.1, 0.15) is 30.9 Å². The first-order valence-electron chi connectivity index (χ1n) is 15.7. The molecule has 2 aromatic carbocycles. The van der Waals surface area contributed by atoms with Gasteiger partial charge in [0.25, 0.3) is 11.1 Å². The van der Waals surface area contributed by atoms with Crippen molar-refractivity contribution in [2.24, 2.45) is 28.2 Å². The molecule has 0 bridgehead atoms. The Bertz CT molecular complexity index is 2460. The fraction of sp³-hybridized carbons (Fsp3) is 0.294. The average Bonchev–Trinajstić information content (AvgIpc) is 3.70. The minimum absolute atomic E-state index is 0.0716. The van der Waals surface area contributed by atoms with Gasteiger partial charge in [-0.15, -0.1) is 0 Å². The van der Waals surface area contributed by atoms with E-state index in [0.29, 0.717) is 11.6 Å². The second kappa shape index (κ2) is 15.4. The first-order chi connectivity index (χ1) is 24.0. The summed E-state index contributed by atoms with van der Waals surface area (Å²) >= 11 is 0. The molecule has 6 rings (SSSR count). The van der Waals surface area contributed by atoms with Crippen molar-refractivity contribution in [1.82, 2.24) is 37.4 Å². The Morgan fingerprint density at radius 2 is 1.18 bits per heavy atom. The number of carbonyl (C=O) groups is 2. The maximum absolute atomic E-state index is 12.3. The van der Waals surface area contributed by atoms with Crippen molar-refractivity contribution in [1.29, 1.82) is 0 Å². The van der Waals surface area contributed by atoms with Crippen molar-refractivity contribution in [3.05, 3.63) is 114 Å². The molecule has 4 N–H and O–H groups in total. The van der Waals surface area contributed by atoms with Crippen molar-refractivity contribution in [3.63, 3.8) is 0 Å². The predicted octanol–water partition coefficient (Wildman–Crippen LogP) is 1.29. The molecule has 0 unspecified atom stereocenters. The van der Waals surface area contributed by atoms with Crippen molar-refractivity contribution in [2.45, 2.75) is 39.8 Å². The number of nitrogen functional groups attached to an aromatic ring is 1. The summed E-state index contributed by atoms with van der Waals surface area (Å²) in [5.41, 5.74) is 8.26. The number of amides is 1. The number of aromatic nitrogens is 8. The van der Waals surface area contributed by atoms with Crippen LogP contribution < -0.4 is 33.5 Å². The highest BCUT2D eigenvalue weighted by atomic mass is 16.4. The topological polar surface area (TPSA) is 216 Å². The number of fused-ring (bicyclic) bond motifs is 2. The first kappa shape index (κ1) is 37.3. The van der Waals surface area contributed by atoms with E-state index in [1.165, 1.54) is 64.7 Å². The molecular weight excluding hydrogens is 660 g/mol. The van der Waals surface area contributed by atoms with E-state index < -0.39 is 28.5 Å². The lowest BCUT2D eigenvalue weighted by atomic mass is 10.0. The SMILES string of the molecule is CC(C)c1ccc(N)cc1.Cc1ccc(NC(=O)Cn2cnc3c2c(=O)n(C)c(=O)n3C)cc1.Cn1c(=O)c2c(ncn2CC(=O)O)n(C)c1=O. The maximum atomic E-state index is 12.3. The number of hydrogen-bond donors (Lipinski definition) is 3. The number of anilines is 2. The van der Waals surface area contributed by atoms with E-state index in [0.717, 1.165) is 20.4 Å². The molecule has 0 aliphatic rings. The molecule has 0 fully saturated rings. The van der Waals surface area contributed by atoms with Crippen molar-refractivity contribution >= 4 is 45.6 Å². The highest BCUT2D eigenvalue weighted by Gasteiger charge is 2.17. The molecule has 6 aromatic rings. The van der Waals surface area contributed by atoms with E-state index in [1.54, 1.807) is 0 Å². The molecule has 0 atom stereocenters. The molecule has 0 spiro atoms. The summed E-state index contributed by atoms with van der Waals surface area (Å²) in [5.74, 6) is -0.769. The van der Waals surface area contributed by atoms with E-state index in [2.05, 4.69) is 41.3 Å². The molecule has 17 heteroatoms. The number of aliphatic carboxylic acids is 1. The van der Waals surface area contributed by atoms with E-state index in [-0.39, 0.29) is 41.3 Å². The number of carboxylic acid groups (broad SMARTS) is 1. The Balaban J connectivity index is 0.000000188. The maximum Gasteiger partial charge on any atom is 0.332 e. The average molecular weight is 701 g/mol. The van der Waals surface area contributed by atoms with Crippen LogP contribution in [0.4, 0.5) is 11.4 Å². The van der Waals surface area contributed by atoms with Gasteiger partial charge in [0.05, 0.1) is 12.7 Å². The normalized spacial score (nSPS) is 10.8. The lowest BCUT2D eigenvalue weighted by Gasteiger charge is -2.08. The van der Waals surface area contributed by atoms with Crippen LogP contribution in [0.5, 0.6) is 0 Å². The molecule has 0 aliphatic carbocycles.